The van der Waals surface area contributed by atoms with Crippen LogP contribution >= 0.6 is 0 Å². The molecule has 0 bridgehead atoms. The van der Waals surface area contributed by atoms with Crippen LogP contribution in [-0.2, 0) is 16.1 Å². The van der Waals surface area contributed by atoms with E-state index in [9.17, 15) is 14.0 Å². The zero-order valence-corrected chi connectivity index (χ0v) is 13.1. The van der Waals surface area contributed by atoms with Crippen molar-refractivity contribution in [1.29, 1.82) is 0 Å². The molecule has 7 heteroatoms. The van der Waals surface area contributed by atoms with E-state index in [4.69, 9.17) is 9.94 Å². The second-order valence-corrected chi connectivity index (χ2v) is 5.44. The van der Waals surface area contributed by atoms with Crippen LogP contribution in [0.4, 0.5) is 10.1 Å². The second kappa shape index (κ2) is 7.14. The zero-order valence-electron chi connectivity index (χ0n) is 13.1. The summed E-state index contributed by atoms with van der Waals surface area (Å²) in [5.41, 5.74) is 3.33. The first kappa shape index (κ1) is 16.7. The summed E-state index contributed by atoms with van der Waals surface area (Å²) in [6.07, 6.45) is 2.65. The summed E-state index contributed by atoms with van der Waals surface area (Å²) >= 11 is 0. The quantitative estimate of drug-likeness (QED) is 0.508. The van der Waals surface area contributed by atoms with Crippen LogP contribution in [0, 0.1) is 5.82 Å². The summed E-state index contributed by atoms with van der Waals surface area (Å²) in [6, 6.07) is 11.1. The first-order valence-corrected chi connectivity index (χ1v) is 7.50. The zero-order chi connectivity index (χ0) is 17.8. The molecule has 1 aliphatic rings. The van der Waals surface area contributed by atoms with E-state index >= 15 is 0 Å². The fraction of sp³-hybridized carbons (Fsp3) is 0.111. The van der Waals surface area contributed by atoms with E-state index in [1.807, 2.05) is 0 Å². The predicted octanol–water partition coefficient (Wildman–Crippen LogP) is 2.27. The molecule has 0 saturated carbocycles. The molecule has 3 rings (SSSR count). The maximum absolute atomic E-state index is 13.4. The van der Waals surface area contributed by atoms with Gasteiger partial charge in [-0.3, -0.25) is 14.8 Å². The average molecular weight is 342 g/mol. The Morgan fingerprint density at radius 1 is 1.32 bits per heavy atom. The van der Waals surface area contributed by atoms with Gasteiger partial charge < -0.3 is 9.64 Å². The van der Waals surface area contributed by atoms with Crippen LogP contribution in [-0.4, -0.2) is 23.6 Å². The molecule has 1 heterocycles. The fourth-order valence-electron chi connectivity index (χ4n) is 2.52. The molecular formula is C18H15FN2O4. The van der Waals surface area contributed by atoms with Crippen molar-refractivity contribution in [1.82, 2.24) is 5.48 Å². The summed E-state index contributed by atoms with van der Waals surface area (Å²) in [5, 5.41) is 8.51. The van der Waals surface area contributed by atoms with Gasteiger partial charge in [-0.1, -0.05) is 18.2 Å². The number of nitrogens with zero attached hydrogens (tertiary/aromatic N) is 1. The largest absolute Gasteiger partial charge is 0.482 e. The number of benzene rings is 2. The highest BCUT2D eigenvalue weighted by Gasteiger charge is 2.25. The number of ether oxygens (including phenoxy) is 1. The molecule has 0 radical (unpaired) electrons. The van der Waals surface area contributed by atoms with Crippen molar-refractivity contribution in [3.8, 4) is 5.75 Å². The Labute approximate surface area is 143 Å². The summed E-state index contributed by atoms with van der Waals surface area (Å²) in [5.74, 6) is -0.752. The smallest absolute Gasteiger partial charge is 0.267 e. The average Bonchev–Trinajstić information content (AvgIpc) is 2.62. The third kappa shape index (κ3) is 3.84. The van der Waals surface area contributed by atoms with Gasteiger partial charge in [0.15, 0.2) is 6.61 Å². The molecule has 0 saturated heterocycles. The molecule has 128 valence electrons. The summed E-state index contributed by atoms with van der Waals surface area (Å²) in [7, 11) is 0. The first-order valence-electron chi connectivity index (χ1n) is 7.50. The second-order valence-electron chi connectivity index (χ2n) is 5.44. The molecule has 0 aromatic heterocycles. The number of nitrogens with one attached hydrogen (secondary N) is 1. The molecule has 1 aliphatic heterocycles. The van der Waals surface area contributed by atoms with Crippen LogP contribution in [0.2, 0.25) is 0 Å². The van der Waals surface area contributed by atoms with Crippen LogP contribution in [0.1, 0.15) is 11.1 Å². The Morgan fingerprint density at radius 2 is 2.16 bits per heavy atom. The third-order valence-electron chi connectivity index (χ3n) is 3.69. The topological polar surface area (TPSA) is 78.9 Å². The molecule has 6 nitrogen and oxygen atoms in total. The molecule has 2 aromatic carbocycles. The molecule has 0 atom stereocenters. The lowest BCUT2D eigenvalue weighted by Gasteiger charge is -2.29. The minimum atomic E-state index is -0.665. The number of hydrogen-bond donors (Lipinski definition) is 2. The number of carbonyl (C=O) groups excluding carboxylic acids is 2. The van der Waals surface area contributed by atoms with Crippen LogP contribution in [0.25, 0.3) is 6.08 Å². The molecule has 0 spiro atoms. The van der Waals surface area contributed by atoms with Crippen molar-refractivity contribution in [2.45, 2.75) is 6.54 Å². The number of rotatable bonds is 4. The van der Waals surface area contributed by atoms with Gasteiger partial charge in [-0.05, 0) is 41.5 Å². The Morgan fingerprint density at radius 3 is 2.92 bits per heavy atom. The van der Waals surface area contributed by atoms with E-state index in [1.54, 1.807) is 30.3 Å². The van der Waals surface area contributed by atoms with Crippen LogP contribution in [0.15, 0.2) is 48.5 Å². The highest BCUT2D eigenvalue weighted by molar-refractivity contribution is 5.98. The van der Waals surface area contributed by atoms with Crippen molar-refractivity contribution in [3.05, 3.63) is 65.5 Å². The summed E-state index contributed by atoms with van der Waals surface area (Å²) in [4.78, 5) is 24.9. The Bertz CT molecular complexity index is 851. The number of anilines is 1. The molecular weight excluding hydrogens is 327 g/mol. The number of hydroxylamine groups is 1. The van der Waals surface area contributed by atoms with Crippen molar-refractivity contribution in [2.75, 3.05) is 11.5 Å². The Hall–Kier alpha value is -3.19. The monoisotopic (exact) mass is 342 g/mol. The van der Waals surface area contributed by atoms with Gasteiger partial charge in [0, 0.05) is 6.08 Å². The lowest BCUT2D eigenvalue weighted by atomic mass is 10.1. The lowest BCUT2D eigenvalue weighted by Crippen LogP contribution is -2.38. The normalized spacial score (nSPS) is 13.5. The van der Waals surface area contributed by atoms with Crippen molar-refractivity contribution in [3.63, 3.8) is 0 Å². The fourth-order valence-corrected chi connectivity index (χ4v) is 2.52. The number of carbonyl (C=O) groups is 2. The Balaban J connectivity index is 1.92. The molecule has 25 heavy (non-hydrogen) atoms. The summed E-state index contributed by atoms with van der Waals surface area (Å²) < 4.78 is 18.8. The van der Waals surface area contributed by atoms with Crippen molar-refractivity contribution >= 4 is 23.6 Å². The number of amides is 2. The minimum Gasteiger partial charge on any atom is -0.482 e. The molecule has 0 unspecified atom stereocenters. The number of fused-ring (bicyclic) bond motifs is 1. The first-order chi connectivity index (χ1) is 12.1. The van der Waals surface area contributed by atoms with Crippen molar-refractivity contribution in [2.24, 2.45) is 0 Å². The van der Waals surface area contributed by atoms with E-state index < -0.39 is 5.91 Å². The van der Waals surface area contributed by atoms with Crippen molar-refractivity contribution < 1.29 is 23.9 Å². The van der Waals surface area contributed by atoms with Gasteiger partial charge in [-0.2, -0.15) is 0 Å². The maximum atomic E-state index is 13.4. The standard InChI is InChI=1S/C18H15FN2O4/c19-14-3-1-2-13(8-14)10-21-15-9-12(5-7-17(22)20-24)4-6-16(15)25-11-18(21)23/h1-9,24H,10-11H2,(H,20,22)/b7-5+. The van der Waals surface area contributed by atoms with E-state index in [-0.39, 0.29) is 24.9 Å². The predicted molar refractivity (Wildman–Crippen MR) is 88.5 cm³/mol. The Kier molecular flexibility index (Phi) is 4.76. The van der Waals surface area contributed by atoms with E-state index in [2.05, 4.69) is 0 Å². The van der Waals surface area contributed by atoms with Gasteiger partial charge in [-0.15, -0.1) is 0 Å². The summed E-state index contributed by atoms with van der Waals surface area (Å²) in [6.45, 7) is 0.113. The molecule has 2 aromatic rings. The SMILES string of the molecule is O=C(/C=C/c1ccc2c(c1)N(Cc1cccc(F)c1)C(=O)CO2)NO. The van der Waals surface area contributed by atoms with Gasteiger partial charge in [-0.25, -0.2) is 9.87 Å². The van der Waals surface area contributed by atoms with Gasteiger partial charge >= 0.3 is 0 Å². The lowest BCUT2D eigenvalue weighted by molar-refractivity contribution is -0.124. The van der Waals surface area contributed by atoms with Gasteiger partial charge in [0.25, 0.3) is 11.8 Å². The highest BCUT2D eigenvalue weighted by Crippen LogP contribution is 2.34. The van der Waals surface area contributed by atoms with Crippen LogP contribution in [0.5, 0.6) is 5.75 Å². The van der Waals surface area contributed by atoms with Gasteiger partial charge in [0.1, 0.15) is 11.6 Å². The maximum Gasteiger partial charge on any atom is 0.267 e. The molecule has 2 amide bonds. The third-order valence-corrected chi connectivity index (χ3v) is 3.69. The van der Waals surface area contributed by atoms with E-state index in [1.165, 1.54) is 28.6 Å². The van der Waals surface area contributed by atoms with Gasteiger partial charge in [0.2, 0.25) is 0 Å². The van der Waals surface area contributed by atoms with Gasteiger partial charge in [0.05, 0.1) is 12.2 Å². The minimum absolute atomic E-state index is 0.0928. The highest BCUT2D eigenvalue weighted by atomic mass is 19.1. The van der Waals surface area contributed by atoms with E-state index in [0.717, 1.165) is 6.08 Å². The number of hydrogen-bond acceptors (Lipinski definition) is 4. The number of halogens is 1. The molecule has 0 fully saturated rings. The van der Waals surface area contributed by atoms with Crippen LogP contribution < -0.4 is 15.1 Å². The van der Waals surface area contributed by atoms with E-state index in [0.29, 0.717) is 22.6 Å². The van der Waals surface area contributed by atoms with Crippen LogP contribution in [0.3, 0.4) is 0 Å². The molecule has 0 aliphatic carbocycles. The molecule has 2 N–H and O–H groups in total.